The number of benzene rings is 2. The molecule has 3 rings (SSSR count). The largest absolute Gasteiger partial charge is 0.416 e. The van der Waals surface area contributed by atoms with Crippen molar-refractivity contribution in [1.29, 1.82) is 0 Å². The number of nitrogens with zero attached hydrogens (tertiary/aromatic N) is 1. The predicted molar refractivity (Wildman–Crippen MR) is 95.5 cm³/mol. The van der Waals surface area contributed by atoms with E-state index in [-0.39, 0.29) is 12.5 Å². The van der Waals surface area contributed by atoms with Gasteiger partial charge in [-0.1, -0.05) is 36.4 Å². The first-order valence-electron chi connectivity index (χ1n) is 8.36. The smallest absolute Gasteiger partial charge is 0.325 e. The summed E-state index contributed by atoms with van der Waals surface area (Å²) < 4.78 is 37.6. The standard InChI is InChI=1S/C20H19F3N2O/c21-20(22,23)17-6-8-18(9-7-17)24-19(26)14-25-12-10-16(11-13-25)15-4-2-1-3-5-15/h1-10H,11-14H2,(H,24,26). The second-order valence-corrected chi connectivity index (χ2v) is 6.20. The highest BCUT2D eigenvalue weighted by molar-refractivity contribution is 5.92. The molecule has 1 heterocycles. The molecule has 6 heteroatoms. The van der Waals surface area contributed by atoms with Crippen LogP contribution in [0.1, 0.15) is 17.5 Å². The number of nitrogens with one attached hydrogen (secondary N) is 1. The molecular formula is C20H19F3N2O. The summed E-state index contributed by atoms with van der Waals surface area (Å²) in [4.78, 5) is 14.1. The lowest BCUT2D eigenvalue weighted by atomic mass is 10.00. The minimum Gasteiger partial charge on any atom is -0.325 e. The number of amides is 1. The number of alkyl halides is 3. The first-order valence-corrected chi connectivity index (χ1v) is 8.36. The molecule has 0 bridgehead atoms. The van der Waals surface area contributed by atoms with Crippen LogP contribution in [0.2, 0.25) is 0 Å². The molecule has 2 aromatic rings. The van der Waals surface area contributed by atoms with Gasteiger partial charge in [-0.05, 0) is 41.8 Å². The highest BCUT2D eigenvalue weighted by Gasteiger charge is 2.30. The zero-order valence-electron chi connectivity index (χ0n) is 14.1. The summed E-state index contributed by atoms with van der Waals surface area (Å²) in [6.07, 6.45) is -1.40. The molecule has 0 atom stereocenters. The highest BCUT2D eigenvalue weighted by atomic mass is 19.4. The van der Waals surface area contributed by atoms with Crippen molar-refractivity contribution in [2.75, 3.05) is 25.0 Å². The lowest BCUT2D eigenvalue weighted by molar-refractivity contribution is -0.137. The monoisotopic (exact) mass is 360 g/mol. The second kappa shape index (κ2) is 7.74. The fraction of sp³-hybridized carbons (Fsp3) is 0.250. The first kappa shape index (κ1) is 18.2. The van der Waals surface area contributed by atoms with Crippen molar-refractivity contribution in [3.05, 3.63) is 71.8 Å². The van der Waals surface area contributed by atoms with E-state index >= 15 is 0 Å². The van der Waals surface area contributed by atoms with Gasteiger partial charge in [0.2, 0.25) is 5.91 Å². The van der Waals surface area contributed by atoms with E-state index in [0.717, 1.165) is 25.1 Å². The van der Waals surface area contributed by atoms with E-state index in [4.69, 9.17) is 0 Å². The summed E-state index contributed by atoms with van der Waals surface area (Å²) >= 11 is 0. The van der Waals surface area contributed by atoms with Crippen LogP contribution in [0.5, 0.6) is 0 Å². The lowest BCUT2D eigenvalue weighted by Gasteiger charge is -2.25. The van der Waals surface area contributed by atoms with Gasteiger partial charge in [-0.25, -0.2) is 0 Å². The Labute approximate surface area is 150 Å². The van der Waals surface area contributed by atoms with Crippen molar-refractivity contribution in [2.45, 2.75) is 12.6 Å². The number of halogens is 3. The van der Waals surface area contributed by atoms with Gasteiger partial charge >= 0.3 is 6.18 Å². The molecule has 2 aromatic carbocycles. The molecule has 26 heavy (non-hydrogen) atoms. The van der Waals surface area contributed by atoms with Gasteiger partial charge in [-0.15, -0.1) is 0 Å². The van der Waals surface area contributed by atoms with E-state index in [1.165, 1.54) is 23.3 Å². The third kappa shape index (κ3) is 4.73. The van der Waals surface area contributed by atoms with E-state index < -0.39 is 11.7 Å². The van der Waals surface area contributed by atoms with Gasteiger partial charge in [0.25, 0.3) is 0 Å². The van der Waals surface area contributed by atoms with Crippen LogP contribution in [0, 0.1) is 0 Å². The van der Waals surface area contributed by atoms with Crippen LogP contribution in [-0.4, -0.2) is 30.4 Å². The number of carbonyl (C=O) groups excluding carboxylic acids is 1. The van der Waals surface area contributed by atoms with Crippen molar-refractivity contribution in [3.8, 4) is 0 Å². The van der Waals surface area contributed by atoms with Crippen molar-refractivity contribution in [3.63, 3.8) is 0 Å². The van der Waals surface area contributed by atoms with Crippen LogP contribution in [-0.2, 0) is 11.0 Å². The van der Waals surface area contributed by atoms with E-state index in [1.54, 1.807) is 0 Å². The quantitative estimate of drug-likeness (QED) is 0.875. The van der Waals surface area contributed by atoms with Crippen molar-refractivity contribution in [2.24, 2.45) is 0 Å². The van der Waals surface area contributed by atoms with Gasteiger partial charge in [0.15, 0.2) is 0 Å². The molecule has 0 saturated carbocycles. The molecule has 136 valence electrons. The zero-order chi connectivity index (χ0) is 18.6. The molecule has 3 nitrogen and oxygen atoms in total. The molecule has 1 aliphatic heterocycles. The van der Waals surface area contributed by atoms with E-state index in [9.17, 15) is 18.0 Å². The summed E-state index contributed by atoms with van der Waals surface area (Å²) in [6, 6.07) is 14.6. The molecule has 0 aliphatic carbocycles. The molecule has 1 aliphatic rings. The molecule has 0 spiro atoms. The van der Waals surface area contributed by atoms with E-state index in [2.05, 4.69) is 23.5 Å². The van der Waals surface area contributed by atoms with Crippen LogP contribution < -0.4 is 5.32 Å². The fourth-order valence-electron chi connectivity index (χ4n) is 2.92. The zero-order valence-corrected chi connectivity index (χ0v) is 14.1. The summed E-state index contributed by atoms with van der Waals surface area (Å²) in [6.45, 7) is 1.64. The van der Waals surface area contributed by atoms with Gasteiger partial charge in [-0.3, -0.25) is 9.69 Å². The fourth-order valence-corrected chi connectivity index (χ4v) is 2.92. The summed E-state index contributed by atoms with van der Waals surface area (Å²) in [5.74, 6) is -0.235. The molecule has 1 N–H and O–H groups in total. The third-order valence-electron chi connectivity index (χ3n) is 4.30. The summed E-state index contributed by atoms with van der Waals surface area (Å²) in [5, 5.41) is 2.64. The van der Waals surface area contributed by atoms with Crippen LogP contribution in [0.25, 0.3) is 5.57 Å². The van der Waals surface area contributed by atoms with E-state index in [0.29, 0.717) is 12.2 Å². The Kier molecular flexibility index (Phi) is 5.42. The van der Waals surface area contributed by atoms with Gasteiger partial charge in [0, 0.05) is 18.8 Å². The van der Waals surface area contributed by atoms with Gasteiger partial charge < -0.3 is 5.32 Å². The number of hydrogen-bond donors (Lipinski definition) is 1. The number of hydrogen-bond acceptors (Lipinski definition) is 2. The molecule has 0 unspecified atom stereocenters. The van der Waals surface area contributed by atoms with Crippen LogP contribution in [0.3, 0.4) is 0 Å². The Balaban J connectivity index is 1.52. The Morgan fingerprint density at radius 2 is 1.73 bits per heavy atom. The summed E-state index contributed by atoms with van der Waals surface area (Å²) in [5.41, 5.74) is 2.09. The second-order valence-electron chi connectivity index (χ2n) is 6.20. The van der Waals surface area contributed by atoms with Gasteiger partial charge in [0.1, 0.15) is 0 Å². The van der Waals surface area contributed by atoms with Crippen LogP contribution >= 0.6 is 0 Å². The summed E-state index contributed by atoms with van der Waals surface area (Å²) in [7, 11) is 0. The third-order valence-corrected chi connectivity index (χ3v) is 4.30. The topological polar surface area (TPSA) is 32.3 Å². The van der Waals surface area contributed by atoms with Crippen molar-refractivity contribution < 1.29 is 18.0 Å². The minimum atomic E-state index is -4.38. The average molecular weight is 360 g/mol. The maximum Gasteiger partial charge on any atom is 0.416 e. The molecule has 0 saturated heterocycles. The Morgan fingerprint density at radius 3 is 2.31 bits per heavy atom. The first-order chi connectivity index (χ1) is 12.4. The number of rotatable bonds is 4. The van der Waals surface area contributed by atoms with Crippen molar-refractivity contribution >= 4 is 17.2 Å². The molecule has 0 aromatic heterocycles. The normalized spacial score (nSPS) is 15.4. The Morgan fingerprint density at radius 1 is 1.04 bits per heavy atom. The van der Waals surface area contributed by atoms with Gasteiger partial charge in [-0.2, -0.15) is 13.2 Å². The Bertz CT molecular complexity index is 783. The maximum absolute atomic E-state index is 12.5. The van der Waals surface area contributed by atoms with Gasteiger partial charge in [0.05, 0.1) is 12.1 Å². The Hall–Kier alpha value is -2.60. The van der Waals surface area contributed by atoms with Crippen LogP contribution in [0.15, 0.2) is 60.7 Å². The average Bonchev–Trinajstić information content (AvgIpc) is 2.63. The maximum atomic E-state index is 12.5. The van der Waals surface area contributed by atoms with E-state index in [1.807, 2.05) is 23.1 Å². The van der Waals surface area contributed by atoms with Crippen molar-refractivity contribution in [1.82, 2.24) is 4.90 Å². The molecular weight excluding hydrogens is 341 g/mol. The lowest BCUT2D eigenvalue weighted by Crippen LogP contribution is -2.36. The number of anilines is 1. The predicted octanol–water partition coefficient (Wildman–Crippen LogP) is 4.43. The minimum absolute atomic E-state index is 0.208. The highest BCUT2D eigenvalue weighted by Crippen LogP contribution is 2.29. The molecule has 1 amide bonds. The molecule has 0 radical (unpaired) electrons. The SMILES string of the molecule is O=C(CN1CC=C(c2ccccc2)CC1)Nc1ccc(C(F)(F)F)cc1. The molecule has 0 fully saturated rings. The van der Waals surface area contributed by atoms with Crippen LogP contribution in [0.4, 0.5) is 18.9 Å². The number of carbonyl (C=O) groups is 1.